The molecular weight excluding hydrogens is 440 g/mol. The van der Waals surface area contributed by atoms with E-state index in [-0.39, 0.29) is 18.3 Å². The number of hydrogen-bond donors (Lipinski definition) is 1. The summed E-state index contributed by atoms with van der Waals surface area (Å²) in [5.41, 5.74) is 3.54. The third kappa shape index (κ3) is 5.03. The van der Waals surface area contributed by atoms with Crippen molar-refractivity contribution in [1.82, 2.24) is 5.43 Å². The molecule has 0 spiro atoms. The minimum Gasteiger partial charge on any atom is -0.481 e. The Morgan fingerprint density at radius 1 is 1.17 bits per heavy atom. The average Bonchev–Trinajstić information content (AvgIpc) is 2.96. The van der Waals surface area contributed by atoms with Gasteiger partial charge in [-0.2, -0.15) is 0 Å². The monoisotopic (exact) mass is 458 g/mol. The maximum Gasteiger partial charge on any atom is 0.344 e. The van der Waals surface area contributed by atoms with E-state index in [2.05, 4.69) is 21.4 Å². The van der Waals surface area contributed by atoms with Gasteiger partial charge in [0, 0.05) is 10.0 Å². The van der Waals surface area contributed by atoms with Gasteiger partial charge in [0.1, 0.15) is 11.3 Å². The molecule has 0 radical (unpaired) electrons. The van der Waals surface area contributed by atoms with Crippen molar-refractivity contribution in [2.45, 2.75) is 20.0 Å². The lowest BCUT2D eigenvalue weighted by atomic mass is 10.1. The summed E-state index contributed by atoms with van der Waals surface area (Å²) in [6, 6.07) is 13.9. The summed E-state index contributed by atoms with van der Waals surface area (Å²) >= 11 is 3.36. The normalized spacial score (nSPS) is 15.0. The molecule has 0 aliphatic carbocycles. The summed E-state index contributed by atoms with van der Waals surface area (Å²) in [5, 5.41) is 1.19. The van der Waals surface area contributed by atoms with Crippen molar-refractivity contribution in [2.75, 3.05) is 11.6 Å². The quantitative estimate of drug-likeness (QED) is 0.408. The Labute approximate surface area is 176 Å². The summed E-state index contributed by atoms with van der Waals surface area (Å²) in [4.78, 5) is 36.9. The number of carbonyl (C=O) groups excluding carboxylic acids is 3. The van der Waals surface area contributed by atoms with E-state index in [0.29, 0.717) is 17.0 Å². The minimum absolute atomic E-state index is 0.0402. The van der Waals surface area contributed by atoms with Gasteiger partial charge in [-0.05, 0) is 50.3 Å². The number of hydrogen-bond acceptors (Lipinski definition) is 5. The van der Waals surface area contributed by atoms with Crippen LogP contribution in [-0.4, -0.2) is 30.5 Å². The van der Waals surface area contributed by atoms with E-state index < -0.39 is 17.8 Å². The van der Waals surface area contributed by atoms with Gasteiger partial charge in [0.05, 0.1) is 11.8 Å². The number of hydrazine groups is 1. The van der Waals surface area contributed by atoms with Crippen LogP contribution in [0.25, 0.3) is 6.08 Å². The van der Waals surface area contributed by atoms with Gasteiger partial charge in [-0.3, -0.25) is 15.0 Å². The fraction of sp³-hybridized carbons (Fsp3) is 0.190. The molecule has 7 nitrogen and oxygen atoms in total. The predicted octanol–water partition coefficient (Wildman–Crippen LogP) is 3.24. The second kappa shape index (κ2) is 8.91. The summed E-state index contributed by atoms with van der Waals surface area (Å²) < 4.78 is 11.3. The average molecular weight is 459 g/mol. The number of anilines is 1. The number of nitrogens with zero attached hydrogens (tertiary/aromatic N) is 1. The summed E-state index contributed by atoms with van der Waals surface area (Å²) in [6.45, 7) is 3.21. The molecule has 1 N–H and O–H groups in total. The first-order chi connectivity index (χ1) is 13.8. The molecule has 0 unspecified atom stereocenters. The van der Waals surface area contributed by atoms with E-state index in [9.17, 15) is 14.4 Å². The highest BCUT2D eigenvalue weighted by molar-refractivity contribution is 9.10. The first-order valence-corrected chi connectivity index (χ1v) is 9.68. The second-order valence-corrected chi connectivity index (χ2v) is 7.40. The maximum atomic E-state index is 12.8. The first kappa shape index (κ1) is 20.6. The Hall–Kier alpha value is -3.13. The van der Waals surface area contributed by atoms with Crippen LogP contribution in [0.15, 0.2) is 58.6 Å². The van der Waals surface area contributed by atoms with E-state index in [1.54, 1.807) is 56.3 Å². The topological polar surface area (TPSA) is 84.9 Å². The van der Waals surface area contributed by atoms with Gasteiger partial charge in [0.15, 0.2) is 6.61 Å². The van der Waals surface area contributed by atoms with Gasteiger partial charge in [0.2, 0.25) is 0 Å². The lowest BCUT2D eigenvalue weighted by Gasteiger charge is -2.14. The highest BCUT2D eigenvalue weighted by Gasteiger charge is 2.34. The van der Waals surface area contributed by atoms with E-state index in [4.69, 9.17) is 9.47 Å². The lowest BCUT2D eigenvalue weighted by molar-refractivity contribution is -0.149. The van der Waals surface area contributed by atoms with Crippen LogP contribution in [0.1, 0.15) is 19.4 Å². The highest BCUT2D eigenvalue weighted by Crippen LogP contribution is 2.28. The standard InChI is InChI=1S/C21H19BrN2O5/c1-13(2)29-19(25)12-28-18-9-8-15(22)10-14(18)11-17-20(26)23-24(21(17)27)16-6-4-3-5-7-16/h3-11,13H,12H2,1-2H3,(H,23,26). The number of rotatable bonds is 6. The minimum atomic E-state index is -0.524. The molecule has 2 aromatic carbocycles. The molecule has 1 aliphatic heterocycles. The second-order valence-electron chi connectivity index (χ2n) is 6.48. The van der Waals surface area contributed by atoms with Crippen LogP contribution in [0, 0.1) is 0 Å². The van der Waals surface area contributed by atoms with Crippen LogP contribution >= 0.6 is 15.9 Å². The number of halogens is 1. The van der Waals surface area contributed by atoms with Crippen molar-refractivity contribution in [3.05, 3.63) is 64.1 Å². The fourth-order valence-electron chi connectivity index (χ4n) is 2.67. The Kier molecular flexibility index (Phi) is 6.33. The van der Waals surface area contributed by atoms with Crippen LogP contribution in [0.5, 0.6) is 5.75 Å². The smallest absolute Gasteiger partial charge is 0.344 e. The van der Waals surface area contributed by atoms with E-state index in [0.717, 1.165) is 4.47 Å². The van der Waals surface area contributed by atoms with Gasteiger partial charge in [-0.1, -0.05) is 34.1 Å². The maximum absolute atomic E-state index is 12.8. The molecule has 0 saturated carbocycles. The van der Waals surface area contributed by atoms with Crippen LogP contribution in [0.4, 0.5) is 5.69 Å². The van der Waals surface area contributed by atoms with Crippen molar-refractivity contribution in [2.24, 2.45) is 0 Å². The number of ether oxygens (including phenoxy) is 2. The van der Waals surface area contributed by atoms with Crippen molar-refractivity contribution in [3.8, 4) is 5.75 Å². The molecular formula is C21H19BrN2O5. The number of carbonyl (C=O) groups is 3. The Bertz CT molecular complexity index is 972. The third-order valence-corrected chi connectivity index (χ3v) is 4.38. The molecule has 2 aromatic rings. The van der Waals surface area contributed by atoms with Gasteiger partial charge in [0.25, 0.3) is 11.8 Å². The first-order valence-electron chi connectivity index (χ1n) is 8.89. The van der Waals surface area contributed by atoms with E-state index in [1.807, 2.05) is 6.07 Å². The molecule has 1 aliphatic rings. The molecule has 8 heteroatoms. The van der Waals surface area contributed by atoms with Crippen LogP contribution < -0.4 is 15.2 Å². The number of esters is 1. The van der Waals surface area contributed by atoms with Gasteiger partial charge >= 0.3 is 5.97 Å². The molecule has 1 heterocycles. The van der Waals surface area contributed by atoms with Gasteiger partial charge in [-0.15, -0.1) is 0 Å². The van der Waals surface area contributed by atoms with Crippen molar-refractivity contribution >= 4 is 45.5 Å². The van der Waals surface area contributed by atoms with E-state index >= 15 is 0 Å². The number of amides is 2. The molecule has 29 heavy (non-hydrogen) atoms. The van der Waals surface area contributed by atoms with Gasteiger partial charge in [-0.25, -0.2) is 9.80 Å². The van der Waals surface area contributed by atoms with Crippen LogP contribution in [0.2, 0.25) is 0 Å². The molecule has 1 saturated heterocycles. The SMILES string of the molecule is CC(C)OC(=O)COc1ccc(Br)cc1C=C1C(=O)NN(c2ccccc2)C1=O. The molecule has 0 bridgehead atoms. The van der Waals surface area contributed by atoms with E-state index in [1.165, 1.54) is 11.1 Å². The molecule has 150 valence electrons. The zero-order chi connectivity index (χ0) is 21.0. The Balaban J connectivity index is 1.85. The Morgan fingerprint density at radius 3 is 2.59 bits per heavy atom. The van der Waals surface area contributed by atoms with Crippen LogP contribution in [0.3, 0.4) is 0 Å². The highest BCUT2D eigenvalue weighted by atomic mass is 79.9. The van der Waals surface area contributed by atoms with Crippen molar-refractivity contribution in [3.63, 3.8) is 0 Å². The molecule has 0 atom stereocenters. The van der Waals surface area contributed by atoms with Crippen LogP contribution in [-0.2, 0) is 19.1 Å². The molecule has 0 aromatic heterocycles. The largest absolute Gasteiger partial charge is 0.481 e. The molecule has 2 amide bonds. The fourth-order valence-corrected chi connectivity index (χ4v) is 3.05. The number of benzene rings is 2. The number of nitrogens with one attached hydrogen (secondary N) is 1. The third-order valence-electron chi connectivity index (χ3n) is 3.89. The molecule has 1 fully saturated rings. The van der Waals surface area contributed by atoms with Crippen molar-refractivity contribution in [1.29, 1.82) is 0 Å². The van der Waals surface area contributed by atoms with Crippen molar-refractivity contribution < 1.29 is 23.9 Å². The van der Waals surface area contributed by atoms with Gasteiger partial charge < -0.3 is 9.47 Å². The molecule has 3 rings (SSSR count). The summed E-state index contributed by atoms with van der Waals surface area (Å²) in [7, 11) is 0. The lowest BCUT2D eigenvalue weighted by Crippen LogP contribution is -2.35. The zero-order valence-corrected chi connectivity index (χ0v) is 17.4. The summed E-state index contributed by atoms with van der Waals surface area (Å²) in [6.07, 6.45) is 1.19. The predicted molar refractivity (Wildman–Crippen MR) is 111 cm³/mol. The number of para-hydroxylation sites is 1. The Morgan fingerprint density at radius 2 is 1.90 bits per heavy atom. The zero-order valence-electron chi connectivity index (χ0n) is 15.8. The summed E-state index contributed by atoms with van der Waals surface area (Å²) in [5.74, 6) is -1.16.